The topological polar surface area (TPSA) is 6.48 Å². The van der Waals surface area contributed by atoms with Crippen LogP contribution in [0.1, 0.15) is 142 Å². The molecule has 0 bridgehead atoms. The van der Waals surface area contributed by atoms with Gasteiger partial charge in [-0.05, 0) is 164 Å². The Labute approximate surface area is 394 Å². The zero-order chi connectivity index (χ0) is 46.3. The van der Waals surface area contributed by atoms with Gasteiger partial charge in [-0.1, -0.05) is 156 Å². The number of thiophene rings is 1. The first kappa shape index (κ1) is 45.7. The fourth-order valence-corrected chi connectivity index (χ4v) is 10.9. The molecule has 6 aromatic carbocycles. The molecule has 0 aliphatic heterocycles. The summed E-state index contributed by atoms with van der Waals surface area (Å²) in [6, 6.07) is 43.8. The lowest BCUT2D eigenvalue weighted by Gasteiger charge is -2.42. The second-order valence-electron chi connectivity index (χ2n) is 22.9. The van der Waals surface area contributed by atoms with Crippen molar-refractivity contribution in [3.63, 3.8) is 0 Å². The van der Waals surface area contributed by atoms with Crippen LogP contribution in [0, 0.1) is 13.8 Å². The van der Waals surface area contributed by atoms with E-state index >= 15 is 0 Å². The van der Waals surface area contributed by atoms with Crippen molar-refractivity contribution in [3.8, 4) is 11.1 Å². The van der Waals surface area contributed by atoms with Crippen molar-refractivity contribution in [2.45, 2.75) is 144 Å². The molecule has 64 heavy (non-hydrogen) atoms. The molecule has 7 aromatic rings. The average molecular weight is 886 g/mol. The van der Waals surface area contributed by atoms with E-state index in [2.05, 4.69) is 234 Å². The van der Waals surface area contributed by atoms with Crippen LogP contribution in [0.3, 0.4) is 0 Å². The number of rotatable bonds is 7. The van der Waals surface area contributed by atoms with Crippen LogP contribution in [0.5, 0.6) is 0 Å². The summed E-state index contributed by atoms with van der Waals surface area (Å²) in [6.45, 7) is 34.7. The van der Waals surface area contributed by atoms with Crippen molar-refractivity contribution in [1.82, 2.24) is 0 Å². The zero-order valence-electron chi connectivity index (χ0n) is 41.1. The molecule has 1 aliphatic carbocycles. The molecule has 4 heteroatoms. The van der Waals surface area contributed by atoms with E-state index in [9.17, 15) is 0 Å². The third-order valence-electron chi connectivity index (χ3n) is 14.0. The number of hydrogen-bond donors (Lipinski definition) is 0. The molecular formula is C60H69ClN2S. The molecule has 1 aromatic heterocycles. The van der Waals surface area contributed by atoms with Crippen molar-refractivity contribution in [1.29, 1.82) is 0 Å². The predicted molar refractivity (Wildman–Crippen MR) is 282 cm³/mol. The second kappa shape index (κ2) is 16.2. The van der Waals surface area contributed by atoms with Gasteiger partial charge >= 0.3 is 0 Å². The van der Waals surface area contributed by atoms with E-state index in [1.807, 2.05) is 0 Å². The maximum Gasteiger partial charge on any atom is 0.0887 e. The van der Waals surface area contributed by atoms with Gasteiger partial charge in [-0.3, -0.25) is 0 Å². The van der Waals surface area contributed by atoms with E-state index < -0.39 is 0 Å². The van der Waals surface area contributed by atoms with Gasteiger partial charge in [0.2, 0.25) is 0 Å². The lowest BCUT2D eigenvalue weighted by Crippen LogP contribution is -2.34. The first-order valence-corrected chi connectivity index (χ1v) is 24.5. The summed E-state index contributed by atoms with van der Waals surface area (Å²) in [6.07, 6.45) is 2.30. The zero-order valence-corrected chi connectivity index (χ0v) is 42.7. The molecule has 0 atom stereocenters. The Bertz CT molecular complexity index is 2780. The van der Waals surface area contributed by atoms with Crippen LogP contribution in [-0.2, 0) is 27.1 Å². The molecule has 0 saturated carbocycles. The van der Waals surface area contributed by atoms with Gasteiger partial charge in [0.15, 0.2) is 0 Å². The Morgan fingerprint density at radius 1 is 0.500 bits per heavy atom. The minimum Gasteiger partial charge on any atom is -0.309 e. The summed E-state index contributed by atoms with van der Waals surface area (Å²) in [5.41, 5.74) is 18.0. The summed E-state index contributed by atoms with van der Waals surface area (Å²) in [7, 11) is 0. The largest absolute Gasteiger partial charge is 0.309 e. The Hall–Kier alpha value is -4.83. The van der Waals surface area contributed by atoms with Crippen molar-refractivity contribution < 1.29 is 0 Å². The van der Waals surface area contributed by atoms with E-state index in [1.165, 1.54) is 54.6 Å². The van der Waals surface area contributed by atoms with Gasteiger partial charge < -0.3 is 9.80 Å². The van der Waals surface area contributed by atoms with Gasteiger partial charge in [0.05, 0.1) is 22.1 Å². The van der Waals surface area contributed by atoms with E-state index in [0.29, 0.717) is 5.02 Å². The van der Waals surface area contributed by atoms with Crippen molar-refractivity contribution in [2.75, 3.05) is 9.80 Å². The lowest BCUT2D eigenvalue weighted by molar-refractivity contribution is 0.332. The highest BCUT2D eigenvalue weighted by molar-refractivity contribution is 7.17. The van der Waals surface area contributed by atoms with Gasteiger partial charge in [-0.2, -0.15) is 0 Å². The Morgan fingerprint density at radius 3 is 1.48 bits per heavy atom. The van der Waals surface area contributed by atoms with Crippen molar-refractivity contribution >= 4 is 67.1 Å². The summed E-state index contributed by atoms with van der Waals surface area (Å²) in [5, 5.41) is 4.28. The number of anilines is 6. The van der Waals surface area contributed by atoms with Crippen LogP contribution >= 0.6 is 22.9 Å². The fourth-order valence-electron chi connectivity index (χ4n) is 9.76. The maximum atomic E-state index is 8.23. The van der Waals surface area contributed by atoms with E-state index in [4.69, 9.17) is 11.6 Å². The van der Waals surface area contributed by atoms with Gasteiger partial charge in [0.25, 0.3) is 0 Å². The number of hydrogen-bond acceptors (Lipinski definition) is 3. The minimum absolute atomic E-state index is 0.0140. The monoisotopic (exact) mass is 884 g/mol. The maximum absolute atomic E-state index is 8.23. The van der Waals surface area contributed by atoms with Crippen LogP contribution in [0.25, 0.3) is 21.2 Å². The number of nitrogens with zero attached hydrogens (tertiary/aromatic N) is 2. The number of fused-ring (bicyclic) bond motifs is 2. The van der Waals surface area contributed by atoms with E-state index in [-0.39, 0.29) is 27.1 Å². The van der Waals surface area contributed by atoms with Gasteiger partial charge in [-0.25, -0.2) is 0 Å². The standard InChI is InChI=1S/C60H69ClN2S/c1-38-17-16-18-39(2)54(38)40-33-50(62(44-24-19-41(20-25-44)56(3,4)5)45-26-21-42(22-27-45)57(6,7)8)55(61)51(34-40)63(52-37-64-53-30-23-43(35-47(52)53)58(9,10)11)46-28-29-48-49(36-46)60(14,15)32-31-59(48,12)13/h16-30,33-37H,31-32H2,1-15H3. The highest BCUT2D eigenvalue weighted by Crippen LogP contribution is 2.54. The third-order valence-corrected chi connectivity index (χ3v) is 15.4. The normalized spacial score (nSPS) is 15.0. The smallest absolute Gasteiger partial charge is 0.0887 e. The fraction of sp³-hybridized carbons (Fsp3) is 0.367. The summed E-state index contributed by atoms with van der Waals surface area (Å²) in [5.74, 6) is 0. The van der Waals surface area contributed by atoms with Crippen LogP contribution in [0.15, 0.2) is 121 Å². The summed E-state index contributed by atoms with van der Waals surface area (Å²) >= 11 is 10.0. The van der Waals surface area contributed by atoms with Crippen LogP contribution < -0.4 is 9.80 Å². The summed E-state index contributed by atoms with van der Waals surface area (Å²) in [4.78, 5) is 4.86. The molecule has 0 unspecified atom stereocenters. The van der Waals surface area contributed by atoms with Gasteiger partial charge in [-0.15, -0.1) is 11.3 Å². The molecule has 0 spiro atoms. The predicted octanol–water partition coefficient (Wildman–Crippen LogP) is 19.0. The Balaban J connectivity index is 1.49. The quantitative estimate of drug-likeness (QED) is 0.157. The second-order valence-corrected chi connectivity index (χ2v) is 24.2. The van der Waals surface area contributed by atoms with Crippen LogP contribution in [0.4, 0.5) is 34.1 Å². The molecule has 0 N–H and O–H groups in total. The van der Waals surface area contributed by atoms with E-state index in [0.717, 1.165) is 52.5 Å². The third kappa shape index (κ3) is 8.56. The highest BCUT2D eigenvalue weighted by atomic mass is 35.5. The van der Waals surface area contributed by atoms with Gasteiger partial charge in [0.1, 0.15) is 0 Å². The molecule has 0 radical (unpaired) electrons. The molecule has 0 saturated heterocycles. The van der Waals surface area contributed by atoms with E-state index in [1.54, 1.807) is 11.3 Å². The first-order chi connectivity index (χ1) is 29.8. The molecule has 0 amide bonds. The lowest BCUT2D eigenvalue weighted by atomic mass is 9.63. The Kier molecular flexibility index (Phi) is 11.6. The van der Waals surface area contributed by atoms with Crippen molar-refractivity contribution in [3.05, 3.63) is 165 Å². The molecule has 1 heterocycles. The van der Waals surface area contributed by atoms with Crippen LogP contribution in [0.2, 0.25) is 5.02 Å². The first-order valence-electron chi connectivity index (χ1n) is 23.2. The number of halogens is 1. The molecule has 1 aliphatic rings. The van der Waals surface area contributed by atoms with Gasteiger partial charge in [0, 0.05) is 32.5 Å². The van der Waals surface area contributed by atoms with Crippen molar-refractivity contribution in [2.24, 2.45) is 0 Å². The highest BCUT2D eigenvalue weighted by Gasteiger charge is 2.38. The average Bonchev–Trinajstić information content (AvgIpc) is 3.63. The molecule has 2 nitrogen and oxygen atoms in total. The summed E-state index contributed by atoms with van der Waals surface area (Å²) < 4.78 is 1.26. The van der Waals surface area contributed by atoms with Crippen LogP contribution in [-0.4, -0.2) is 0 Å². The molecular weight excluding hydrogens is 816 g/mol. The number of benzene rings is 6. The molecule has 0 fully saturated rings. The minimum atomic E-state index is -0.0155. The Morgan fingerprint density at radius 2 is 0.969 bits per heavy atom. The molecule has 332 valence electrons. The molecule has 8 rings (SSSR count). The SMILES string of the molecule is Cc1cccc(C)c1-c1cc(N(c2ccc(C(C)(C)C)cc2)c2ccc(C(C)(C)C)cc2)c(Cl)c(N(c2ccc3c(c2)C(C)(C)CCC3(C)C)c2csc3ccc(C(C)(C)C)cc23)c1. The number of aryl methyl sites for hydroxylation is 2.